The van der Waals surface area contributed by atoms with Crippen molar-refractivity contribution in [3.8, 4) is 0 Å². The molecule has 0 radical (unpaired) electrons. The number of benzene rings is 2. The van der Waals surface area contributed by atoms with Gasteiger partial charge in [0.2, 0.25) is 15.7 Å². The van der Waals surface area contributed by atoms with Crippen LogP contribution in [-0.2, 0) is 9.84 Å². The van der Waals surface area contributed by atoms with E-state index in [1.165, 1.54) is 30.3 Å². The zero-order valence-electron chi connectivity index (χ0n) is 10.8. The molecule has 0 unspecified atom stereocenters. The highest BCUT2D eigenvalue weighted by Gasteiger charge is 2.21. The fraction of sp³-hybridized carbons (Fsp3) is 0.0714. The molecule has 0 aromatic heterocycles. The third-order valence-electron chi connectivity index (χ3n) is 2.92. The lowest BCUT2D eigenvalue weighted by molar-refractivity contribution is 0.1000. The quantitative estimate of drug-likeness (QED) is 0.836. The smallest absolute Gasteiger partial charge is 0.248 e. The molecule has 1 amide bonds. The number of anilines is 1. The second-order valence-corrected chi connectivity index (χ2v) is 6.35. The van der Waals surface area contributed by atoms with Gasteiger partial charge in [0.1, 0.15) is 0 Å². The van der Waals surface area contributed by atoms with Gasteiger partial charge in [-0.05, 0) is 37.3 Å². The van der Waals surface area contributed by atoms with Crippen molar-refractivity contribution in [2.45, 2.75) is 16.7 Å². The molecule has 4 N–H and O–H groups in total. The molecule has 2 aromatic carbocycles. The number of rotatable bonds is 3. The van der Waals surface area contributed by atoms with E-state index in [9.17, 15) is 13.2 Å². The summed E-state index contributed by atoms with van der Waals surface area (Å²) in [7, 11) is -3.71. The van der Waals surface area contributed by atoms with Crippen LogP contribution in [0.5, 0.6) is 0 Å². The highest BCUT2D eigenvalue weighted by Crippen LogP contribution is 2.26. The molecule has 20 heavy (non-hydrogen) atoms. The Morgan fingerprint density at radius 3 is 2.15 bits per heavy atom. The maximum Gasteiger partial charge on any atom is 0.248 e. The fourth-order valence-electron chi connectivity index (χ4n) is 1.79. The van der Waals surface area contributed by atoms with Gasteiger partial charge < -0.3 is 11.5 Å². The van der Waals surface area contributed by atoms with Crippen molar-refractivity contribution in [2.75, 3.05) is 5.73 Å². The second-order valence-electron chi connectivity index (χ2n) is 4.43. The normalized spacial score (nSPS) is 11.2. The minimum absolute atomic E-state index is 0.00174. The number of hydrogen-bond acceptors (Lipinski definition) is 4. The van der Waals surface area contributed by atoms with E-state index in [1.54, 1.807) is 12.1 Å². The van der Waals surface area contributed by atoms with Crippen molar-refractivity contribution in [2.24, 2.45) is 5.73 Å². The summed E-state index contributed by atoms with van der Waals surface area (Å²) in [6, 6.07) is 10.4. The molecule has 0 spiro atoms. The van der Waals surface area contributed by atoms with Crippen molar-refractivity contribution < 1.29 is 13.2 Å². The van der Waals surface area contributed by atoms with E-state index in [0.29, 0.717) is 0 Å². The number of sulfone groups is 1. The van der Waals surface area contributed by atoms with Gasteiger partial charge in [-0.1, -0.05) is 17.7 Å². The Morgan fingerprint density at radius 2 is 1.65 bits per heavy atom. The molecule has 0 fully saturated rings. The standard InChI is InChI=1S/C14H14N2O3S/c1-9-2-5-11(6-3-9)20(18,19)13-7-4-10(14(16)17)8-12(13)15/h2-8H,15H2,1H3,(H2,16,17). The lowest BCUT2D eigenvalue weighted by atomic mass is 10.2. The van der Waals surface area contributed by atoms with E-state index in [2.05, 4.69) is 0 Å². The Bertz CT molecular complexity index is 766. The van der Waals surface area contributed by atoms with Crippen molar-refractivity contribution in [1.82, 2.24) is 0 Å². The van der Waals surface area contributed by atoms with E-state index in [1.807, 2.05) is 6.92 Å². The van der Waals surface area contributed by atoms with Crippen molar-refractivity contribution >= 4 is 21.4 Å². The van der Waals surface area contributed by atoms with Crippen LogP contribution in [0.4, 0.5) is 5.69 Å². The van der Waals surface area contributed by atoms with Crippen LogP contribution in [0.3, 0.4) is 0 Å². The fourth-order valence-corrected chi connectivity index (χ4v) is 3.16. The Morgan fingerprint density at radius 1 is 1.05 bits per heavy atom. The van der Waals surface area contributed by atoms with E-state index in [0.717, 1.165) is 5.56 Å². The number of primary amides is 1. The molecular formula is C14H14N2O3S. The minimum atomic E-state index is -3.71. The monoisotopic (exact) mass is 290 g/mol. The molecule has 0 saturated heterocycles. The van der Waals surface area contributed by atoms with Gasteiger partial charge in [-0.25, -0.2) is 8.42 Å². The Kier molecular flexibility index (Phi) is 3.50. The van der Waals surface area contributed by atoms with E-state index < -0.39 is 15.7 Å². The maximum absolute atomic E-state index is 12.5. The van der Waals surface area contributed by atoms with Crippen LogP contribution < -0.4 is 11.5 Å². The minimum Gasteiger partial charge on any atom is -0.398 e. The summed E-state index contributed by atoms with van der Waals surface area (Å²) in [5, 5.41) is 0. The van der Waals surface area contributed by atoms with Gasteiger partial charge >= 0.3 is 0 Å². The number of hydrogen-bond donors (Lipinski definition) is 2. The Hall–Kier alpha value is -2.34. The largest absolute Gasteiger partial charge is 0.398 e. The number of carbonyl (C=O) groups is 1. The maximum atomic E-state index is 12.5. The average Bonchev–Trinajstić information content (AvgIpc) is 2.38. The summed E-state index contributed by atoms with van der Waals surface area (Å²) in [6.07, 6.45) is 0. The first-order valence-electron chi connectivity index (χ1n) is 5.83. The average molecular weight is 290 g/mol. The van der Waals surface area contributed by atoms with E-state index in [-0.39, 0.29) is 21.0 Å². The SMILES string of the molecule is Cc1ccc(S(=O)(=O)c2ccc(C(N)=O)cc2N)cc1. The number of amides is 1. The third kappa shape index (κ3) is 2.50. The molecule has 0 aliphatic carbocycles. The predicted molar refractivity (Wildman–Crippen MR) is 76.0 cm³/mol. The first kappa shape index (κ1) is 14.1. The molecule has 104 valence electrons. The van der Waals surface area contributed by atoms with Crippen molar-refractivity contribution in [1.29, 1.82) is 0 Å². The van der Waals surface area contributed by atoms with Crippen LogP contribution in [0, 0.1) is 6.92 Å². The molecule has 0 heterocycles. The van der Waals surface area contributed by atoms with Gasteiger partial charge in [-0.15, -0.1) is 0 Å². The molecule has 0 aliphatic heterocycles. The first-order chi connectivity index (χ1) is 9.32. The number of carbonyl (C=O) groups excluding carboxylic acids is 1. The molecule has 5 nitrogen and oxygen atoms in total. The van der Waals surface area contributed by atoms with Crippen LogP contribution in [0.25, 0.3) is 0 Å². The van der Waals surface area contributed by atoms with E-state index in [4.69, 9.17) is 11.5 Å². The first-order valence-corrected chi connectivity index (χ1v) is 7.32. The summed E-state index contributed by atoms with van der Waals surface area (Å²) < 4.78 is 24.9. The Balaban J connectivity index is 2.55. The molecule has 2 aromatic rings. The van der Waals surface area contributed by atoms with Gasteiger partial charge in [0.25, 0.3) is 0 Å². The van der Waals surface area contributed by atoms with Crippen LogP contribution in [0.2, 0.25) is 0 Å². The van der Waals surface area contributed by atoms with Crippen molar-refractivity contribution in [3.63, 3.8) is 0 Å². The van der Waals surface area contributed by atoms with Crippen LogP contribution >= 0.6 is 0 Å². The Labute approximate surface area is 117 Å². The summed E-state index contributed by atoms with van der Waals surface area (Å²) in [5.74, 6) is -0.656. The molecule has 0 atom stereocenters. The van der Waals surface area contributed by atoms with Crippen LogP contribution in [-0.4, -0.2) is 14.3 Å². The summed E-state index contributed by atoms with van der Waals surface area (Å²) >= 11 is 0. The number of aryl methyl sites for hydroxylation is 1. The topological polar surface area (TPSA) is 103 Å². The molecule has 0 saturated carbocycles. The van der Waals surface area contributed by atoms with Gasteiger partial charge in [-0.2, -0.15) is 0 Å². The molecular weight excluding hydrogens is 276 g/mol. The number of nitrogens with two attached hydrogens (primary N) is 2. The van der Waals surface area contributed by atoms with Crippen LogP contribution in [0.15, 0.2) is 52.3 Å². The molecule has 0 bridgehead atoms. The molecule has 6 heteroatoms. The third-order valence-corrected chi connectivity index (χ3v) is 4.76. The summed E-state index contributed by atoms with van der Waals surface area (Å²) in [5.41, 5.74) is 12.0. The van der Waals surface area contributed by atoms with Gasteiger partial charge in [0.15, 0.2) is 0 Å². The van der Waals surface area contributed by atoms with Gasteiger partial charge in [0.05, 0.1) is 15.5 Å². The summed E-state index contributed by atoms with van der Waals surface area (Å²) in [6.45, 7) is 1.87. The van der Waals surface area contributed by atoms with Crippen LogP contribution in [0.1, 0.15) is 15.9 Å². The second kappa shape index (κ2) is 4.97. The number of nitrogen functional groups attached to an aromatic ring is 1. The highest BCUT2D eigenvalue weighted by atomic mass is 32.2. The van der Waals surface area contributed by atoms with Gasteiger partial charge in [0, 0.05) is 5.56 Å². The zero-order chi connectivity index (χ0) is 14.9. The van der Waals surface area contributed by atoms with Gasteiger partial charge in [-0.3, -0.25) is 4.79 Å². The predicted octanol–water partition coefficient (Wildman–Crippen LogP) is 1.51. The lowest BCUT2D eigenvalue weighted by Crippen LogP contribution is -2.13. The highest BCUT2D eigenvalue weighted by molar-refractivity contribution is 7.91. The van der Waals surface area contributed by atoms with Crippen molar-refractivity contribution in [3.05, 3.63) is 53.6 Å². The lowest BCUT2D eigenvalue weighted by Gasteiger charge is -2.09. The molecule has 0 aliphatic rings. The van der Waals surface area contributed by atoms with E-state index >= 15 is 0 Å². The molecule has 2 rings (SSSR count). The summed E-state index contributed by atoms with van der Waals surface area (Å²) in [4.78, 5) is 11.2. The zero-order valence-corrected chi connectivity index (χ0v) is 11.6.